The Kier molecular flexibility index (Phi) is 4.58. The molecule has 2 rings (SSSR count). The minimum absolute atomic E-state index is 0.300. The summed E-state index contributed by atoms with van der Waals surface area (Å²) in [4.78, 5) is 11.5. The van der Waals surface area contributed by atoms with Gasteiger partial charge in [0.2, 0.25) is 15.8 Å². The highest BCUT2D eigenvalue weighted by Gasteiger charge is 2.27. The van der Waals surface area contributed by atoms with Gasteiger partial charge in [0.15, 0.2) is 23.3 Å². The van der Waals surface area contributed by atoms with Gasteiger partial charge in [0.05, 0.1) is 4.90 Å². The van der Waals surface area contributed by atoms with Crippen LogP contribution in [0.1, 0.15) is 10.4 Å². The van der Waals surface area contributed by atoms with E-state index in [9.17, 15) is 35.2 Å². The van der Waals surface area contributed by atoms with E-state index in [1.807, 2.05) is 0 Å². The highest BCUT2D eigenvalue weighted by Crippen LogP contribution is 2.27. The third-order valence-corrected chi connectivity index (χ3v) is 3.82. The molecule has 0 aliphatic carbocycles. The Labute approximate surface area is 131 Å². The number of rotatable bonds is 3. The van der Waals surface area contributed by atoms with Crippen LogP contribution in [-0.2, 0) is 10.0 Å². The van der Waals surface area contributed by atoms with Crippen LogP contribution in [0.5, 0.6) is 0 Å². The second-order valence-electron chi connectivity index (χ2n) is 4.47. The maximum Gasteiger partial charge on any atom is 0.255 e. The Morgan fingerprint density at radius 1 is 0.833 bits per heavy atom. The van der Waals surface area contributed by atoms with Crippen LogP contribution < -0.4 is 10.5 Å². The molecule has 0 unspecified atom stereocenters. The molecule has 24 heavy (non-hydrogen) atoms. The molecule has 0 fully saturated rings. The maximum absolute atomic E-state index is 13.5. The first kappa shape index (κ1) is 17.8. The van der Waals surface area contributed by atoms with E-state index in [1.165, 1.54) is 0 Å². The topological polar surface area (TPSA) is 89.3 Å². The third kappa shape index (κ3) is 3.21. The third-order valence-electron chi connectivity index (χ3n) is 2.89. The number of nitrogens with one attached hydrogen (secondary N) is 1. The van der Waals surface area contributed by atoms with Crippen molar-refractivity contribution in [1.29, 1.82) is 0 Å². The van der Waals surface area contributed by atoms with Gasteiger partial charge < -0.3 is 5.32 Å². The average Bonchev–Trinajstić information content (AvgIpc) is 2.54. The Hall–Kier alpha value is -2.53. The fraction of sp³-hybridized carbons (Fsp3) is 0. The Morgan fingerprint density at radius 2 is 1.25 bits per heavy atom. The van der Waals surface area contributed by atoms with Crippen molar-refractivity contribution in [1.82, 2.24) is 0 Å². The van der Waals surface area contributed by atoms with Gasteiger partial charge in [-0.3, -0.25) is 4.79 Å². The standard InChI is InChI=1S/C13H7F5N2O3S/c14-7-8(15)10(17)12(11(18)9(7)16)20-13(21)5-1-3-6(4-2-5)24(19,22)23/h1-4H,(H,20,21)(H2,19,22,23). The van der Waals surface area contributed by atoms with Crippen LogP contribution in [0, 0.1) is 29.1 Å². The molecule has 0 saturated heterocycles. The lowest BCUT2D eigenvalue weighted by Gasteiger charge is -2.10. The second kappa shape index (κ2) is 6.17. The summed E-state index contributed by atoms with van der Waals surface area (Å²) in [6, 6.07) is 3.76. The van der Waals surface area contributed by atoms with Crippen LogP contribution in [0.2, 0.25) is 0 Å². The molecule has 3 N–H and O–H groups in total. The van der Waals surface area contributed by atoms with Crippen LogP contribution >= 0.6 is 0 Å². The molecule has 0 aromatic heterocycles. The Morgan fingerprint density at radius 3 is 1.67 bits per heavy atom. The zero-order chi connectivity index (χ0) is 18.2. The van der Waals surface area contributed by atoms with Gasteiger partial charge >= 0.3 is 0 Å². The highest BCUT2D eigenvalue weighted by molar-refractivity contribution is 7.89. The van der Waals surface area contributed by atoms with Crippen molar-refractivity contribution in [3.63, 3.8) is 0 Å². The number of carbonyl (C=O) groups excluding carboxylic acids is 1. The smallest absolute Gasteiger partial charge is 0.255 e. The van der Waals surface area contributed by atoms with Gasteiger partial charge in [-0.2, -0.15) is 0 Å². The van der Waals surface area contributed by atoms with E-state index in [0.29, 0.717) is 0 Å². The lowest BCUT2D eigenvalue weighted by Crippen LogP contribution is -2.17. The van der Waals surface area contributed by atoms with Crippen LogP contribution in [0.25, 0.3) is 0 Å². The average molecular weight is 366 g/mol. The number of benzene rings is 2. The first-order chi connectivity index (χ1) is 11.0. The van der Waals surface area contributed by atoms with Crippen molar-refractivity contribution in [2.75, 3.05) is 5.32 Å². The normalized spacial score (nSPS) is 11.4. The Bertz CT molecular complexity index is 901. The van der Waals surface area contributed by atoms with Gasteiger partial charge in [0.1, 0.15) is 5.69 Å². The second-order valence-corrected chi connectivity index (χ2v) is 6.03. The van der Waals surface area contributed by atoms with Gasteiger partial charge in [-0.05, 0) is 24.3 Å². The minimum Gasteiger partial charge on any atom is -0.317 e. The molecule has 0 aliphatic heterocycles. The van der Waals surface area contributed by atoms with Gasteiger partial charge in [-0.25, -0.2) is 35.5 Å². The molecular weight excluding hydrogens is 359 g/mol. The largest absolute Gasteiger partial charge is 0.317 e. The van der Waals surface area contributed by atoms with E-state index in [0.717, 1.165) is 24.3 Å². The summed E-state index contributed by atoms with van der Waals surface area (Å²) in [5.41, 5.74) is -1.82. The molecule has 2 aromatic carbocycles. The Balaban J connectivity index is 2.37. The van der Waals surface area contributed by atoms with E-state index in [2.05, 4.69) is 0 Å². The number of anilines is 1. The van der Waals surface area contributed by atoms with Gasteiger partial charge in [-0.1, -0.05) is 0 Å². The molecule has 2 aromatic rings. The van der Waals surface area contributed by atoms with Crippen molar-refractivity contribution in [2.24, 2.45) is 5.14 Å². The van der Waals surface area contributed by atoms with E-state index < -0.39 is 50.7 Å². The van der Waals surface area contributed by atoms with Crippen LogP contribution in [0.15, 0.2) is 29.2 Å². The van der Waals surface area contributed by atoms with Crippen LogP contribution in [-0.4, -0.2) is 14.3 Å². The molecule has 0 atom stereocenters. The number of carbonyl (C=O) groups is 1. The molecule has 5 nitrogen and oxygen atoms in total. The molecule has 0 spiro atoms. The lowest BCUT2D eigenvalue weighted by atomic mass is 10.2. The summed E-state index contributed by atoms with van der Waals surface area (Å²) < 4.78 is 88.1. The van der Waals surface area contributed by atoms with E-state index in [1.54, 1.807) is 5.32 Å². The predicted octanol–water partition coefficient (Wildman–Crippen LogP) is 2.28. The maximum atomic E-state index is 13.5. The van der Waals surface area contributed by atoms with Crippen molar-refractivity contribution >= 4 is 21.6 Å². The fourth-order valence-corrected chi connectivity index (χ4v) is 2.21. The first-order valence-corrected chi connectivity index (χ1v) is 7.54. The lowest BCUT2D eigenvalue weighted by molar-refractivity contribution is 0.102. The van der Waals surface area contributed by atoms with Gasteiger partial charge in [0.25, 0.3) is 5.91 Å². The zero-order valence-electron chi connectivity index (χ0n) is 11.4. The van der Waals surface area contributed by atoms with Crippen molar-refractivity contribution in [3.05, 3.63) is 58.9 Å². The number of hydrogen-bond acceptors (Lipinski definition) is 3. The quantitative estimate of drug-likeness (QED) is 0.496. The number of amides is 1. The molecule has 0 radical (unpaired) electrons. The monoisotopic (exact) mass is 366 g/mol. The van der Waals surface area contributed by atoms with Gasteiger partial charge in [-0.15, -0.1) is 0 Å². The SMILES string of the molecule is NS(=O)(=O)c1ccc(C(=O)Nc2c(F)c(F)c(F)c(F)c2F)cc1. The minimum atomic E-state index is -4.03. The first-order valence-electron chi connectivity index (χ1n) is 5.99. The van der Waals surface area contributed by atoms with Crippen molar-refractivity contribution in [3.8, 4) is 0 Å². The molecule has 1 amide bonds. The molecule has 0 bridgehead atoms. The molecule has 0 aliphatic rings. The summed E-state index contributed by atoms with van der Waals surface area (Å²) in [7, 11) is -4.03. The van der Waals surface area contributed by atoms with E-state index in [-0.39, 0.29) is 10.5 Å². The summed E-state index contributed by atoms with van der Waals surface area (Å²) in [6.07, 6.45) is 0. The predicted molar refractivity (Wildman–Crippen MR) is 72.0 cm³/mol. The van der Waals surface area contributed by atoms with Crippen molar-refractivity contribution in [2.45, 2.75) is 4.90 Å². The summed E-state index contributed by atoms with van der Waals surface area (Å²) >= 11 is 0. The highest BCUT2D eigenvalue weighted by atomic mass is 32.2. The number of halogens is 5. The van der Waals surface area contributed by atoms with E-state index >= 15 is 0 Å². The molecular formula is C13H7F5N2O3S. The zero-order valence-corrected chi connectivity index (χ0v) is 12.2. The molecule has 0 heterocycles. The van der Waals surface area contributed by atoms with Gasteiger partial charge in [0, 0.05) is 5.56 Å². The summed E-state index contributed by atoms with van der Waals surface area (Å²) in [6.45, 7) is 0. The fourth-order valence-electron chi connectivity index (χ4n) is 1.70. The number of hydrogen-bond donors (Lipinski definition) is 2. The molecule has 11 heteroatoms. The molecule has 0 saturated carbocycles. The number of sulfonamides is 1. The number of nitrogens with two attached hydrogens (primary N) is 1. The van der Waals surface area contributed by atoms with Crippen LogP contribution in [0.3, 0.4) is 0 Å². The van der Waals surface area contributed by atoms with E-state index in [4.69, 9.17) is 5.14 Å². The summed E-state index contributed by atoms with van der Waals surface area (Å²) in [5.74, 6) is -12.4. The van der Waals surface area contributed by atoms with Crippen LogP contribution in [0.4, 0.5) is 27.6 Å². The summed E-state index contributed by atoms with van der Waals surface area (Å²) in [5, 5.41) is 6.39. The molecule has 128 valence electrons. The number of primary sulfonamides is 1. The van der Waals surface area contributed by atoms with Crippen molar-refractivity contribution < 1.29 is 35.2 Å².